The van der Waals surface area contributed by atoms with Crippen LogP contribution in [0.2, 0.25) is 0 Å². The number of halogens is 1. The van der Waals surface area contributed by atoms with E-state index in [-0.39, 0.29) is 17.5 Å². The second-order valence-corrected chi connectivity index (χ2v) is 6.55. The molecule has 0 N–H and O–H groups in total. The summed E-state index contributed by atoms with van der Waals surface area (Å²) in [6, 6.07) is 6.24. The van der Waals surface area contributed by atoms with E-state index in [1.54, 1.807) is 12.1 Å². The number of rotatable bonds is 4. The number of hydrogen-bond donors (Lipinski definition) is 0. The largest absolute Gasteiger partial charge is 0.298 e. The van der Waals surface area contributed by atoms with E-state index in [0.717, 1.165) is 16.3 Å². The summed E-state index contributed by atoms with van der Waals surface area (Å²) in [6.45, 7) is 7.60. The van der Waals surface area contributed by atoms with Crippen molar-refractivity contribution in [3.63, 3.8) is 0 Å². The van der Waals surface area contributed by atoms with Gasteiger partial charge in [-0.05, 0) is 38.1 Å². The lowest BCUT2D eigenvalue weighted by atomic mass is 9.80. The minimum Gasteiger partial charge on any atom is -0.298 e. The third kappa shape index (κ3) is 2.80. The van der Waals surface area contributed by atoms with Crippen LogP contribution in [0.1, 0.15) is 33.4 Å². The maximum absolute atomic E-state index is 12.9. The maximum atomic E-state index is 12.9. The first-order valence-corrected chi connectivity index (χ1v) is 7.46. The molecule has 0 amide bonds. The number of nitrogens with zero attached hydrogens (tertiary/aromatic N) is 1. The van der Waals surface area contributed by atoms with Gasteiger partial charge in [-0.1, -0.05) is 13.8 Å². The Morgan fingerprint density at radius 1 is 1.25 bits per heavy atom. The van der Waals surface area contributed by atoms with E-state index in [9.17, 15) is 9.18 Å². The van der Waals surface area contributed by atoms with Gasteiger partial charge in [-0.15, -0.1) is 11.3 Å². The Morgan fingerprint density at radius 2 is 1.85 bits per heavy atom. The number of ketones is 1. The summed E-state index contributed by atoms with van der Waals surface area (Å²) >= 11 is 1.48. The molecule has 0 aliphatic rings. The van der Waals surface area contributed by atoms with E-state index in [0.29, 0.717) is 0 Å². The fourth-order valence-electron chi connectivity index (χ4n) is 2.13. The smallest absolute Gasteiger partial charge is 0.146 e. The van der Waals surface area contributed by atoms with Crippen molar-refractivity contribution in [3.05, 3.63) is 41.2 Å². The molecule has 2 nitrogen and oxygen atoms in total. The normalized spacial score (nSPS) is 11.9. The number of aromatic nitrogens is 1. The minimum absolute atomic E-state index is 0.0269. The molecular weight excluding hydrogens is 273 g/mol. The van der Waals surface area contributed by atoms with Gasteiger partial charge in [0.05, 0.1) is 11.1 Å². The van der Waals surface area contributed by atoms with Crippen LogP contribution >= 0.6 is 11.3 Å². The van der Waals surface area contributed by atoms with Gasteiger partial charge in [0.2, 0.25) is 0 Å². The van der Waals surface area contributed by atoms with Gasteiger partial charge < -0.3 is 0 Å². The van der Waals surface area contributed by atoms with Gasteiger partial charge in [0.1, 0.15) is 16.6 Å². The lowest BCUT2D eigenvalue weighted by molar-refractivity contribution is -0.126. The Morgan fingerprint density at radius 3 is 2.40 bits per heavy atom. The summed E-state index contributed by atoms with van der Waals surface area (Å²) in [5.74, 6) is -0.115. The van der Waals surface area contributed by atoms with Crippen LogP contribution < -0.4 is 0 Å². The Labute approximate surface area is 122 Å². The fraction of sp³-hybridized carbons (Fsp3) is 0.375. The quantitative estimate of drug-likeness (QED) is 0.833. The maximum Gasteiger partial charge on any atom is 0.146 e. The summed E-state index contributed by atoms with van der Waals surface area (Å²) < 4.78 is 12.9. The molecule has 0 aliphatic heterocycles. The van der Waals surface area contributed by atoms with E-state index in [2.05, 4.69) is 4.98 Å². The summed E-state index contributed by atoms with van der Waals surface area (Å²) in [6.07, 6.45) is 0. The molecule has 1 aromatic carbocycles. The van der Waals surface area contributed by atoms with Crippen molar-refractivity contribution in [1.82, 2.24) is 4.98 Å². The molecule has 2 rings (SSSR count). The van der Waals surface area contributed by atoms with Crippen LogP contribution in [0.25, 0.3) is 10.6 Å². The van der Waals surface area contributed by atoms with Crippen LogP contribution in [0.15, 0.2) is 29.6 Å². The Balaban J connectivity index is 2.33. The first kappa shape index (κ1) is 14.9. The van der Waals surface area contributed by atoms with E-state index in [1.165, 1.54) is 23.5 Å². The highest BCUT2D eigenvalue weighted by Crippen LogP contribution is 2.32. The summed E-state index contributed by atoms with van der Waals surface area (Å²) in [5, 5.41) is 2.73. The zero-order valence-electron chi connectivity index (χ0n) is 12.1. The highest BCUT2D eigenvalue weighted by atomic mass is 32.1. The van der Waals surface area contributed by atoms with Crippen molar-refractivity contribution < 1.29 is 9.18 Å². The lowest BCUT2D eigenvalue weighted by Gasteiger charge is -2.23. The first-order valence-electron chi connectivity index (χ1n) is 6.58. The Kier molecular flexibility index (Phi) is 4.04. The lowest BCUT2D eigenvalue weighted by Crippen LogP contribution is -2.33. The molecule has 0 aliphatic carbocycles. The first-order chi connectivity index (χ1) is 9.32. The molecule has 0 saturated carbocycles. The molecule has 0 fully saturated rings. The topological polar surface area (TPSA) is 30.0 Å². The summed E-state index contributed by atoms with van der Waals surface area (Å²) in [5.41, 5.74) is 1.05. The highest BCUT2D eigenvalue weighted by Gasteiger charge is 2.33. The van der Waals surface area contributed by atoms with E-state index in [4.69, 9.17) is 0 Å². The number of Topliss-reactive ketones (excluding diaryl/α,β-unsaturated/α-hetero) is 1. The second-order valence-electron chi connectivity index (χ2n) is 5.69. The van der Waals surface area contributed by atoms with E-state index >= 15 is 0 Å². The van der Waals surface area contributed by atoms with Gasteiger partial charge in [-0.3, -0.25) is 4.79 Å². The van der Waals surface area contributed by atoms with Crippen LogP contribution in [0.5, 0.6) is 0 Å². The monoisotopic (exact) mass is 291 g/mol. The van der Waals surface area contributed by atoms with Crippen LogP contribution in [-0.4, -0.2) is 10.8 Å². The SMILES string of the molecule is CC(C)C(=O)C(C)(C)c1csc(-c2ccc(F)cc2)n1. The van der Waals surface area contributed by atoms with E-state index in [1.807, 2.05) is 33.1 Å². The van der Waals surface area contributed by atoms with Gasteiger partial charge >= 0.3 is 0 Å². The minimum atomic E-state index is -0.594. The average molecular weight is 291 g/mol. The molecule has 0 atom stereocenters. The molecule has 2 aromatic rings. The van der Waals surface area contributed by atoms with Crippen LogP contribution in [-0.2, 0) is 10.2 Å². The summed E-state index contributed by atoms with van der Waals surface area (Å²) in [4.78, 5) is 16.8. The number of thiazole rings is 1. The Bertz CT molecular complexity index is 614. The number of carbonyl (C=O) groups is 1. The molecular formula is C16H18FNOS. The molecule has 20 heavy (non-hydrogen) atoms. The van der Waals surface area contributed by atoms with Crippen LogP contribution in [0.3, 0.4) is 0 Å². The van der Waals surface area contributed by atoms with Crippen molar-refractivity contribution in [2.75, 3.05) is 0 Å². The molecule has 1 heterocycles. The van der Waals surface area contributed by atoms with Gasteiger partial charge in [0.25, 0.3) is 0 Å². The summed E-state index contributed by atoms with van der Waals surface area (Å²) in [7, 11) is 0. The van der Waals surface area contributed by atoms with Gasteiger partial charge in [-0.2, -0.15) is 0 Å². The fourth-order valence-corrected chi connectivity index (χ4v) is 3.13. The third-order valence-corrected chi connectivity index (χ3v) is 4.27. The zero-order chi connectivity index (χ0) is 14.9. The van der Waals surface area contributed by atoms with E-state index < -0.39 is 5.41 Å². The van der Waals surface area contributed by atoms with Crippen molar-refractivity contribution in [2.24, 2.45) is 5.92 Å². The Hall–Kier alpha value is -1.55. The van der Waals surface area contributed by atoms with Crippen molar-refractivity contribution in [3.8, 4) is 10.6 Å². The predicted octanol–water partition coefficient (Wildman–Crippen LogP) is 4.45. The highest BCUT2D eigenvalue weighted by molar-refractivity contribution is 7.13. The molecule has 106 valence electrons. The average Bonchev–Trinajstić information content (AvgIpc) is 2.88. The molecule has 1 aromatic heterocycles. The zero-order valence-corrected chi connectivity index (χ0v) is 12.9. The van der Waals surface area contributed by atoms with Crippen LogP contribution in [0.4, 0.5) is 4.39 Å². The van der Waals surface area contributed by atoms with Gasteiger partial charge in [0, 0.05) is 16.9 Å². The number of benzene rings is 1. The molecule has 0 radical (unpaired) electrons. The van der Waals surface area contributed by atoms with Crippen LogP contribution in [0, 0.1) is 11.7 Å². The number of hydrogen-bond acceptors (Lipinski definition) is 3. The number of carbonyl (C=O) groups excluding carboxylic acids is 1. The molecule has 0 unspecified atom stereocenters. The third-order valence-electron chi connectivity index (χ3n) is 3.38. The van der Waals surface area contributed by atoms with Gasteiger partial charge in [-0.25, -0.2) is 9.37 Å². The molecule has 0 bridgehead atoms. The second kappa shape index (κ2) is 5.44. The predicted molar refractivity (Wildman–Crippen MR) is 80.4 cm³/mol. The molecule has 0 saturated heterocycles. The molecule has 4 heteroatoms. The molecule has 0 spiro atoms. The van der Waals surface area contributed by atoms with Crippen molar-refractivity contribution in [2.45, 2.75) is 33.1 Å². The standard InChI is InChI=1S/C16H18FNOS/c1-10(2)14(19)16(3,4)13-9-20-15(18-13)11-5-7-12(17)8-6-11/h5-10H,1-4H3. The van der Waals surface area contributed by atoms with Crippen molar-refractivity contribution in [1.29, 1.82) is 0 Å². The van der Waals surface area contributed by atoms with Gasteiger partial charge in [0.15, 0.2) is 0 Å². The van der Waals surface area contributed by atoms with Crippen molar-refractivity contribution >= 4 is 17.1 Å².